The summed E-state index contributed by atoms with van der Waals surface area (Å²) in [5, 5.41) is 0. The first-order valence-electron chi connectivity index (χ1n) is 11.9. The molecule has 3 aromatic carbocycles. The lowest BCUT2D eigenvalue weighted by molar-refractivity contribution is -0.0348. The van der Waals surface area contributed by atoms with Crippen molar-refractivity contribution in [2.45, 2.75) is 50.7 Å². The first-order valence-corrected chi connectivity index (χ1v) is 11.9. The summed E-state index contributed by atoms with van der Waals surface area (Å²) < 4.78 is 17.7. The molecule has 0 radical (unpaired) electrons. The number of nitrogens with zero attached hydrogens (tertiary/aromatic N) is 1. The summed E-state index contributed by atoms with van der Waals surface area (Å²) >= 11 is 0. The Morgan fingerprint density at radius 1 is 0.639 bits per heavy atom. The van der Waals surface area contributed by atoms with Gasteiger partial charge in [-0.1, -0.05) is 60.7 Å². The number of benzene rings is 3. The van der Waals surface area contributed by atoms with E-state index in [9.17, 15) is 14.4 Å². The first-order chi connectivity index (χ1) is 17.2. The number of amides is 1. The number of carbonyl (C=O) groups excluding carboxylic acids is 3. The van der Waals surface area contributed by atoms with Gasteiger partial charge in [-0.05, 0) is 56.2 Å². The van der Waals surface area contributed by atoms with E-state index in [4.69, 9.17) is 14.2 Å². The van der Waals surface area contributed by atoms with Gasteiger partial charge < -0.3 is 14.2 Å². The lowest BCUT2D eigenvalue weighted by atomic mass is 9.87. The van der Waals surface area contributed by atoms with Crippen LogP contribution in [0.5, 0.6) is 0 Å². The van der Waals surface area contributed by atoms with E-state index in [1.807, 2.05) is 24.3 Å². The highest BCUT2D eigenvalue weighted by Crippen LogP contribution is 2.56. The van der Waals surface area contributed by atoms with E-state index in [0.29, 0.717) is 11.1 Å². The number of esters is 2. The van der Waals surface area contributed by atoms with Gasteiger partial charge in [0.25, 0.3) is 0 Å². The highest BCUT2D eigenvalue weighted by molar-refractivity contribution is 5.91. The highest BCUT2D eigenvalue weighted by atomic mass is 16.6. The van der Waals surface area contributed by atoms with Crippen molar-refractivity contribution in [2.75, 3.05) is 0 Å². The Morgan fingerprint density at radius 2 is 1.03 bits per heavy atom. The van der Waals surface area contributed by atoms with Crippen molar-refractivity contribution in [3.8, 4) is 0 Å². The van der Waals surface area contributed by atoms with Crippen LogP contribution in [0, 0.1) is 0 Å². The van der Waals surface area contributed by atoms with Crippen LogP contribution in [0.1, 0.15) is 64.7 Å². The normalized spacial score (nSPS) is 22.0. The molecule has 4 atom stereocenters. The third-order valence-electron chi connectivity index (χ3n) is 6.29. The molecule has 7 heteroatoms. The van der Waals surface area contributed by atoms with Crippen molar-refractivity contribution in [2.24, 2.45) is 0 Å². The molecule has 1 saturated heterocycles. The summed E-state index contributed by atoms with van der Waals surface area (Å²) in [6.45, 7) is 5.36. The molecule has 1 amide bonds. The van der Waals surface area contributed by atoms with Crippen molar-refractivity contribution in [1.29, 1.82) is 0 Å². The Morgan fingerprint density at radius 3 is 1.42 bits per heavy atom. The molecule has 2 aliphatic heterocycles. The predicted octanol–water partition coefficient (Wildman–Crippen LogP) is 5.48. The molecule has 0 aliphatic carbocycles. The van der Waals surface area contributed by atoms with Crippen LogP contribution in [-0.2, 0) is 14.2 Å². The first kappa shape index (κ1) is 23.6. The van der Waals surface area contributed by atoms with Crippen LogP contribution in [0.15, 0.2) is 84.9 Å². The molecule has 7 nitrogen and oxygen atoms in total. The van der Waals surface area contributed by atoms with Crippen LogP contribution < -0.4 is 0 Å². The number of hydrogen-bond acceptors (Lipinski definition) is 6. The van der Waals surface area contributed by atoms with E-state index in [2.05, 4.69) is 0 Å². The molecule has 0 aromatic heterocycles. The summed E-state index contributed by atoms with van der Waals surface area (Å²) in [5.41, 5.74) is 1.67. The third-order valence-corrected chi connectivity index (χ3v) is 6.29. The average molecular weight is 486 g/mol. The molecule has 0 N–H and O–H groups in total. The zero-order valence-corrected chi connectivity index (χ0v) is 20.3. The minimum absolute atomic E-state index is 0.366. The van der Waals surface area contributed by atoms with Crippen LogP contribution >= 0.6 is 0 Å². The summed E-state index contributed by atoms with van der Waals surface area (Å²) in [4.78, 5) is 41.2. The minimum atomic E-state index is -0.919. The van der Waals surface area contributed by atoms with E-state index >= 15 is 0 Å². The molecule has 2 aliphatic rings. The molecule has 3 aromatic rings. The van der Waals surface area contributed by atoms with Gasteiger partial charge in [-0.2, -0.15) is 0 Å². The van der Waals surface area contributed by atoms with Crippen molar-refractivity contribution in [1.82, 2.24) is 4.90 Å². The maximum absolute atomic E-state index is 13.4. The molecule has 36 heavy (non-hydrogen) atoms. The quantitative estimate of drug-likeness (QED) is 0.359. The van der Waals surface area contributed by atoms with E-state index < -0.39 is 47.9 Å². The Bertz CT molecular complexity index is 1200. The zero-order chi connectivity index (χ0) is 25.4. The van der Waals surface area contributed by atoms with Crippen molar-refractivity contribution >= 4 is 18.0 Å². The summed E-state index contributed by atoms with van der Waals surface area (Å²) in [6, 6.07) is 23.4. The monoisotopic (exact) mass is 485 g/mol. The van der Waals surface area contributed by atoms with Gasteiger partial charge in [0.2, 0.25) is 0 Å². The number of carbonyl (C=O) groups is 3. The Balaban J connectivity index is 1.55. The minimum Gasteiger partial charge on any atom is -0.452 e. The average Bonchev–Trinajstić information content (AvgIpc) is 3.36. The van der Waals surface area contributed by atoms with Crippen molar-refractivity contribution < 1.29 is 28.6 Å². The summed E-state index contributed by atoms with van der Waals surface area (Å²) in [5.74, 6) is -1.12. The predicted molar refractivity (Wildman–Crippen MR) is 131 cm³/mol. The summed E-state index contributed by atoms with van der Waals surface area (Å²) in [6.07, 6.45) is -2.40. The van der Waals surface area contributed by atoms with Gasteiger partial charge >= 0.3 is 18.0 Å². The van der Waals surface area contributed by atoms with Gasteiger partial charge in [0, 0.05) is 0 Å². The van der Waals surface area contributed by atoms with Crippen molar-refractivity contribution in [3.63, 3.8) is 0 Å². The zero-order valence-electron chi connectivity index (χ0n) is 20.3. The maximum atomic E-state index is 13.4. The van der Waals surface area contributed by atoms with Crippen LogP contribution in [-0.4, -0.2) is 40.7 Å². The topological polar surface area (TPSA) is 82.1 Å². The van der Waals surface area contributed by atoms with E-state index in [0.717, 1.165) is 11.1 Å². The summed E-state index contributed by atoms with van der Waals surface area (Å²) in [7, 11) is 0. The third kappa shape index (κ3) is 4.33. The standard InChI is InChI=1S/C29H27NO6/c1-29(2,3)36-28(33)30-22-20-16-10-11-17-21(20)23(30)25(35-27(32)19-14-8-5-9-15-19)24(22)34-26(31)18-12-6-4-7-13-18/h4-17,22-25H,1-3H3. The largest absolute Gasteiger partial charge is 0.452 e. The lowest BCUT2D eigenvalue weighted by Crippen LogP contribution is -2.39. The van der Waals surface area contributed by atoms with Gasteiger partial charge in [-0.15, -0.1) is 0 Å². The number of hydrogen-bond donors (Lipinski definition) is 0. The number of ether oxygens (including phenoxy) is 3. The van der Waals surface area contributed by atoms with E-state index in [1.165, 1.54) is 0 Å². The Labute approximate surface area is 209 Å². The molecule has 1 fully saturated rings. The molecule has 2 heterocycles. The second-order valence-corrected chi connectivity index (χ2v) is 9.88. The number of fused-ring (bicyclic) bond motifs is 5. The van der Waals surface area contributed by atoms with E-state index in [1.54, 1.807) is 86.3 Å². The molecule has 0 saturated carbocycles. The van der Waals surface area contributed by atoms with Crippen LogP contribution in [0.2, 0.25) is 0 Å². The van der Waals surface area contributed by atoms with Crippen LogP contribution in [0.3, 0.4) is 0 Å². The maximum Gasteiger partial charge on any atom is 0.411 e. The Kier molecular flexibility index (Phi) is 6.00. The second kappa shape index (κ2) is 9.15. The van der Waals surface area contributed by atoms with Crippen molar-refractivity contribution in [3.05, 3.63) is 107 Å². The molecular formula is C29H27NO6. The molecule has 4 unspecified atom stereocenters. The van der Waals surface area contributed by atoms with Gasteiger partial charge in [0.15, 0.2) is 12.2 Å². The van der Waals surface area contributed by atoms with Gasteiger partial charge in [0.1, 0.15) is 17.7 Å². The van der Waals surface area contributed by atoms with Crippen LogP contribution in [0.4, 0.5) is 4.79 Å². The number of rotatable bonds is 4. The molecule has 2 bridgehead atoms. The molecule has 184 valence electrons. The van der Waals surface area contributed by atoms with E-state index in [-0.39, 0.29) is 0 Å². The van der Waals surface area contributed by atoms with Gasteiger partial charge in [0.05, 0.1) is 11.1 Å². The van der Waals surface area contributed by atoms with Gasteiger partial charge in [-0.25, -0.2) is 14.4 Å². The molecular weight excluding hydrogens is 458 g/mol. The highest BCUT2D eigenvalue weighted by Gasteiger charge is 2.62. The van der Waals surface area contributed by atoms with Crippen LogP contribution in [0.25, 0.3) is 0 Å². The smallest absolute Gasteiger partial charge is 0.411 e. The van der Waals surface area contributed by atoms with Gasteiger partial charge in [-0.3, -0.25) is 4.90 Å². The fraction of sp³-hybridized carbons (Fsp3) is 0.276. The SMILES string of the molecule is CC(C)(C)OC(=O)N1C2c3ccccc3C1C(OC(=O)c1ccccc1)C2OC(=O)c1ccccc1. The molecule has 0 spiro atoms. The molecule has 5 rings (SSSR count). The fourth-order valence-corrected chi connectivity index (χ4v) is 4.89. The second-order valence-electron chi connectivity index (χ2n) is 9.88. The fourth-order valence-electron chi connectivity index (χ4n) is 4.89. The Hall–Kier alpha value is -4.13. The lowest BCUT2D eigenvalue weighted by Gasteiger charge is -2.29.